The molecule has 29 heavy (non-hydrogen) atoms. The van der Waals surface area contributed by atoms with E-state index in [0.717, 1.165) is 54.4 Å². The fourth-order valence-electron chi connectivity index (χ4n) is 3.84. The second-order valence-electron chi connectivity index (χ2n) is 7.41. The van der Waals surface area contributed by atoms with Gasteiger partial charge in [-0.3, -0.25) is 9.88 Å². The highest BCUT2D eigenvalue weighted by Gasteiger charge is 2.25. The van der Waals surface area contributed by atoms with Crippen LogP contribution in [0.4, 0.5) is 0 Å². The second-order valence-corrected chi connectivity index (χ2v) is 7.41. The number of benzene rings is 1. The molecule has 8 nitrogen and oxygen atoms in total. The van der Waals surface area contributed by atoms with Crippen LogP contribution in [0.3, 0.4) is 0 Å². The van der Waals surface area contributed by atoms with Gasteiger partial charge < -0.3 is 15.2 Å². The third kappa shape index (κ3) is 4.12. The van der Waals surface area contributed by atoms with Crippen LogP contribution in [0.5, 0.6) is 5.75 Å². The van der Waals surface area contributed by atoms with Gasteiger partial charge in [0.15, 0.2) is 5.82 Å². The number of carbonyl (C=O) groups is 1. The quantitative estimate of drug-likeness (QED) is 0.610. The van der Waals surface area contributed by atoms with Gasteiger partial charge in [0.05, 0.1) is 5.69 Å². The van der Waals surface area contributed by atoms with Crippen LogP contribution in [-0.2, 0) is 6.54 Å². The van der Waals surface area contributed by atoms with Gasteiger partial charge in [-0.2, -0.15) is 0 Å². The number of carboxylic acids is 1. The molecule has 0 amide bonds. The molecule has 1 aromatic carbocycles. The van der Waals surface area contributed by atoms with Gasteiger partial charge in [0.1, 0.15) is 17.0 Å². The largest absolute Gasteiger partial charge is 0.507 e. The van der Waals surface area contributed by atoms with Crippen molar-refractivity contribution in [3.8, 4) is 17.3 Å². The number of aromatic amines is 1. The molecular formula is C21H23N5O3. The Morgan fingerprint density at radius 3 is 2.66 bits per heavy atom. The van der Waals surface area contributed by atoms with Crippen LogP contribution in [0.15, 0.2) is 36.8 Å². The van der Waals surface area contributed by atoms with Gasteiger partial charge in [-0.15, -0.1) is 0 Å². The number of aryl methyl sites for hydroxylation is 1. The summed E-state index contributed by atoms with van der Waals surface area (Å²) in [7, 11) is 0. The maximum atomic E-state index is 11.2. The zero-order valence-corrected chi connectivity index (χ0v) is 16.2. The Morgan fingerprint density at radius 2 is 1.97 bits per heavy atom. The number of aromatic carboxylic acids is 1. The third-order valence-corrected chi connectivity index (χ3v) is 5.33. The van der Waals surface area contributed by atoms with Gasteiger partial charge in [0.25, 0.3) is 0 Å². The van der Waals surface area contributed by atoms with Crippen LogP contribution >= 0.6 is 0 Å². The van der Waals surface area contributed by atoms with Gasteiger partial charge in [0.2, 0.25) is 0 Å². The van der Waals surface area contributed by atoms with Crippen molar-refractivity contribution in [3.63, 3.8) is 0 Å². The predicted molar refractivity (Wildman–Crippen MR) is 107 cm³/mol. The first-order valence-corrected chi connectivity index (χ1v) is 9.61. The molecule has 3 heterocycles. The number of nitrogens with one attached hydrogen (secondary N) is 1. The fourth-order valence-corrected chi connectivity index (χ4v) is 3.84. The van der Waals surface area contributed by atoms with E-state index in [0.29, 0.717) is 12.5 Å². The molecule has 3 aromatic rings. The lowest BCUT2D eigenvalue weighted by atomic mass is 9.91. The van der Waals surface area contributed by atoms with Crippen molar-refractivity contribution in [2.75, 3.05) is 13.1 Å². The van der Waals surface area contributed by atoms with Crippen molar-refractivity contribution in [2.24, 2.45) is 0 Å². The zero-order valence-electron chi connectivity index (χ0n) is 16.2. The summed E-state index contributed by atoms with van der Waals surface area (Å²) < 4.78 is 0. The summed E-state index contributed by atoms with van der Waals surface area (Å²) in [5, 5.41) is 18.9. The molecule has 0 unspecified atom stereocenters. The number of carboxylic acid groups (broad SMARTS) is 1. The molecule has 0 saturated carbocycles. The molecule has 4 rings (SSSR count). The molecule has 1 aliphatic rings. The van der Waals surface area contributed by atoms with Crippen LogP contribution in [0.1, 0.15) is 46.1 Å². The van der Waals surface area contributed by atoms with Gasteiger partial charge in [-0.05, 0) is 50.6 Å². The molecule has 1 fully saturated rings. The van der Waals surface area contributed by atoms with Gasteiger partial charge >= 0.3 is 5.97 Å². The van der Waals surface area contributed by atoms with E-state index in [4.69, 9.17) is 0 Å². The van der Waals surface area contributed by atoms with Crippen LogP contribution in [-0.4, -0.2) is 54.1 Å². The van der Waals surface area contributed by atoms with Crippen molar-refractivity contribution < 1.29 is 15.0 Å². The van der Waals surface area contributed by atoms with E-state index in [1.807, 2.05) is 6.92 Å². The Balaban J connectivity index is 1.44. The molecule has 0 atom stereocenters. The van der Waals surface area contributed by atoms with Crippen molar-refractivity contribution in [1.29, 1.82) is 0 Å². The van der Waals surface area contributed by atoms with E-state index in [-0.39, 0.29) is 11.3 Å². The Hall–Kier alpha value is -3.26. The van der Waals surface area contributed by atoms with Crippen molar-refractivity contribution >= 4 is 5.97 Å². The maximum absolute atomic E-state index is 11.2. The molecule has 0 radical (unpaired) electrons. The fraction of sp³-hybridized carbons (Fsp3) is 0.333. The first kappa shape index (κ1) is 19.1. The number of aromatic hydroxyl groups is 1. The standard InChI is InChI=1S/C21H23N5O3/c1-13-11-24-20(25-13)19-18(22-6-7-23-19)15-4-8-26(9-5-15)12-14-2-3-17(27)16(10-14)21(28)29/h2-3,6-7,10-11,15,27H,4-5,8-9,12H2,1H3,(H,24,25)(H,28,29). The lowest BCUT2D eigenvalue weighted by molar-refractivity contribution is 0.0693. The molecule has 1 saturated heterocycles. The van der Waals surface area contributed by atoms with Crippen molar-refractivity contribution in [2.45, 2.75) is 32.2 Å². The van der Waals surface area contributed by atoms with Gasteiger partial charge in [-0.1, -0.05) is 6.07 Å². The summed E-state index contributed by atoms with van der Waals surface area (Å²) in [6.07, 6.45) is 7.09. The van der Waals surface area contributed by atoms with Crippen molar-refractivity contribution in [3.05, 3.63) is 59.3 Å². The Kier molecular flexibility index (Phi) is 5.26. The lowest BCUT2D eigenvalue weighted by Crippen LogP contribution is -2.33. The van der Waals surface area contributed by atoms with E-state index in [9.17, 15) is 15.0 Å². The van der Waals surface area contributed by atoms with Gasteiger partial charge in [0, 0.05) is 36.7 Å². The minimum atomic E-state index is -1.12. The predicted octanol–water partition coefficient (Wildman–Crippen LogP) is 2.96. The first-order valence-electron chi connectivity index (χ1n) is 9.61. The third-order valence-electron chi connectivity index (χ3n) is 5.33. The number of H-pyrrole nitrogens is 1. The SMILES string of the molecule is Cc1cnc(-c2nccnc2C2CCN(Cc3ccc(O)c(C(=O)O)c3)CC2)[nH]1. The summed E-state index contributed by atoms with van der Waals surface area (Å²) in [6, 6.07) is 4.76. The smallest absolute Gasteiger partial charge is 0.339 e. The highest BCUT2D eigenvalue weighted by molar-refractivity contribution is 5.90. The number of aromatic nitrogens is 4. The molecule has 8 heteroatoms. The molecule has 1 aliphatic heterocycles. The Labute approximate surface area is 168 Å². The van der Waals surface area contributed by atoms with Crippen molar-refractivity contribution in [1.82, 2.24) is 24.8 Å². The van der Waals surface area contributed by atoms with E-state index >= 15 is 0 Å². The number of nitrogens with zero attached hydrogens (tertiary/aromatic N) is 4. The minimum Gasteiger partial charge on any atom is -0.507 e. The minimum absolute atomic E-state index is 0.0599. The van der Waals surface area contributed by atoms with E-state index in [2.05, 4.69) is 24.8 Å². The van der Waals surface area contributed by atoms with E-state index in [1.165, 1.54) is 6.07 Å². The zero-order chi connectivity index (χ0) is 20.4. The molecule has 0 aliphatic carbocycles. The van der Waals surface area contributed by atoms with E-state index < -0.39 is 5.97 Å². The normalized spacial score (nSPS) is 15.5. The highest BCUT2D eigenvalue weighted by atomic mass is 16.4. The van der Waals surface area contributed by atoms with E-state index in [1.54, 1.807) is 30.7 Å². The average Bonchev–Trinajstić information content (AvgIpc) is 3.16. The van der Waals surface area contributed by atoms with Crippen LogP contribution in [0.2, 0.25) is 0 Å². The highest BCUT2D eigenvalue weighted by Crippen LogP contribution is 2.32. The molecule has 150 valence electrons. The maximum Gasteiger partial charge on any atom is 0.339 e. The van der Waals surface area contributed by atoms with Crippen LogP contribution in [0, 0.1) is 6.92 Å². The monoisotopic (exact) mass is 393 g/mol. The number of imidazole rings is 1. The van der Waals surface area contributed by atoms with Crippen LogP contribution in [0.25, 0.3) is 11.5 Å². The Bertz CT molecular complexity index is 1020. The number of likely N-dealkylation sites (tertiary alicyclic amines) is 1. The summed E-state index contributed by atoms with van der Waals surface area (Å²) in [4.78, 5) is 30.3. The molecule has 0 bridgehead atoms. The number of rotatable bonds is 5. The summed E-state index contributed by atoms with van der Waals surface area (Å²) in [6.45, 7) is 4.37. The Morgan fingerprint density at radius 1 is 1.21 bits per heavy atom. The molecule has 3 N–H and O–H groups in total. The van der Waals surface area contributed by atoms with Crippen LogP contribution < -0.4 is 0 Å². The number of hydrogen-bond acceptors (Lipinski definition) is 6. The van der Waals surface area contributed by atoms with Gasteiger partial charge in [-0.25, -0.2) is 14.8 Å². The molecular weight excluding hydrogens is 370 g/mol. The number of piperidine rings is 1. The second kappa shape index (κ2) is 8.00. The summed E-state index contributed by atoms with van der Waals surface area (Å²) in [5.41, 5.74) is 3.59. The number of phenols is 1. The first-order chi connectivity index (χ1) is 14.0. The molecule has 2 aromatic heterocycles. The topological polar surface area (TPSA) is 115 Å². The molecule has 0 spiro atoms. The lowest BCUT2D eigenvalue weighted by Gasteiger charge is -2.32. The number of hydrogen-bond donors (Lipinski definition) is 3. The summed E-state index contributed by atoms with van der Waals surface area (Å²) in [5.74, 6) is -0.275. The average molecular weight is 393 g/mol. The summed E-state index contributed by atoms with van der Waals surface area (Å²) >= 11 is 0.